The minimum Gasteiger partial charge on any atom is -0.468 e. The Morgan fingerprint density at radius 3 is 2.42 bits per heavy atom. The Kier molecular flexibility index (Phi) is 6.39. The lowest BCUT2D eigenvalue weighted by Crippen LogP contribution is -2.30. The molecule has 0 radical (unpaired) electrons. The van der Waals surface area contributed by atoms with Crippen LogP contribution in [0.25, 0.3) is 0 Å². The summed E-state index contributed by atoms with van der Waals surface area (Å²) in [6.07, 6.45) is 3.50. The topological polar surface area (TPSA) is 79.6 Å². The standard InChI is InChI=1S/C22H20Cl2N2O4S/c23-19-4-1-5-20(21(19)24)31(28,29)26(14-18-3-2-12-30-18)13-15-6-8-16(9-7-15)22(27)25-17-10-11-17/h1-9,12,17H,10-11,13-14H2,(H,25,27). The zero-order valence-corrected chi connectivity index (χ0v) is 18.8. The van der Waals surface area contributed by atoms with Crippen molar-refractivity contribution < 1.29 is 17.6 Å². The number of furan rings is 1. The van der Waals surface area contributed by atoms with Crippen molar-refractivity contribution in [1.82, 2.24) is 9.62 Å². The summed E-state index contributed by atoms with van der Waals surface area (Å²) in [6, 6.07) is 15.0. The molecule has 1 amide bonds. The Balaban J connectivity index is 1.60. The second kappa shape index (κ2) is 9.04. The molecule has 6 nitrogen and oxygen atoms in total. The first-order valence-corrected chi connectivity index (χ1v) is 11.9. The number of carbonyl (C=O) groups excluding carboxylic acids is 1. The van der Waals surface area contributed by atoms with Gasteiger partial charge in [-0.2, -0.15) is 4.31 Å². The van der Waals surface area contributed by atoms with E-state index in [4.69, 9.17) is 27.6 Å². The van der Waals surface area contributed by atoms with Crippen molar-refractivity contribution >= 4 is 39.1 Å². The third kappa shape index (κ3) is 5.13. The van der Waals surface area contributed by atoms with Crippen LogP contribution < -0.4 is 5.32 Å². The third-order valence-corrected chi connectivity index (χ3v) is 7.70. The molecule has 0 aliphatic heterocycles. The zero-order valence-electron chi connectivity index (χ0n) is 16.4. The number of hydrogen-bond acceptors (Lipinski definition) is 4. The van der Waals surface area contributed by atoms with E-state index in [0.717, 1.165) is 18.4 Å². The van der Waals surface area contributed by atoms with Gasteiger partial charge in [0.05, 0.1) is 22.9 Å². The van der Waals surface area contributed by atoms with Crippen molar-refractivity contribution in [2.45, 2.75) is 36.9 Å². The van der Waals surface area contributed by atoms with Crippen molar-refractivity contribution in [3.05, 3.63) is 87.8 Å². The second-order valence-electron chi connectivity index (χ2n) is 7.35. The van der Waals surface area contributed by atoms with E-state index < -0.39 is 10.0 Å². The van der Waals surface area contributed by atoms with Crippen LogP contribution in [0, 0.1) is 0 Å². The first-order chi connectivity index (χ1) is 14.8. The molecule has 2 aromatic carbocycles. The van der Waals surface area contributed by atoms with Crippen LogP contribution in [0.15, 0.2) is 70.2 Å². The SMILES string of the molecule is O=C(NC1CC1)c1ccc(CN(Cc2ccco2)S(=O)(=O)c2cccc(Cl)c2Cl)cc1. The molecule has 1 heterocycles. The van der Waals surface area contributed by atoms with Gasteiger partial charge in [-0.25, -0.2) is 8.42 Å². The molecule has 1 aliphatic carbocycles. The minimum absolute atomic E-state index is 0.0160. The second-order valence-corrected chi connectivity index (χ2v) is 10.0. The van der Waals surface area contributed by atoms with Crippen molar-refractivity contribution in [3.63, 3.8) is 0 Å². The van der Waals surface area contributed by atoms with E-state index in [-0.39, 0.29) is 40.0 Å². The lowest BCUT2D eigenvalue weighted by Gasteiger charge is -2.22. The summed E-state index contributed by atoms with van der Waals surface area (Å²) >= 11 is 12.2. The number of sulfonamides is 1. The molecule has 1 fully saturated rings. The molecule has 1 aromatic heterocycles. The molecule has 1 saturated carbocycles. The highest BCUT2D eigenvalue weighted by Crippen LogP contribution is 2.32. The van der Waals surface area contributed by atoms with Gasteiger partial charge in [-0.1, -0.05) is 41.4 Å². The van der Waals surface area contributed by atoms with Gasteiger partial charge in [0.1, 0.15) is 10.7 Å². The lowest BCUT2D eigenvalue weighted by atomic mass is 10.1. The van der Waals surface area contributed by atoms with E-state index in [0.29, 0.717) is 11.3 Å². The number of amides is 1. The normalized spacial score (nSPS) is 14.0. The molecule has 1 N–H and O–H groups in total. The highest BCUT2D eigenvalue weighted by Gasteiger charge is 2.29. The molecule has 0 saturated heterocycles. The summed E-state index contributed by atoms with van der Waals surface area (Å²) in [5, 5.41) is 3.06. The molecule has 4 rings (SSSR count). The third-order valence-electron chi connectivity index (χ3n) is 4.93. The van der Waals surface area contributed by atoms with Crippen LogP contribution in [0.2, 0.25) is 10.0 Å². The van der Waals surface area contributed by atoms with E-state index in [1.807, 2.05) is 0 Å². The molecular weight excluding hydrogens is 459 g/mol. The number of benzene rings is 2. The molecular formula is C22H20Cl2N2O4S. The number of halogens is 2. The van der Waals surface area contributed by atoms with Gasteiger partial charge < -0.3 is 9.73 Å². The predicted molar refractivity (Wildman–Crippen MR) is 119 cm³/mol. The van der Waals surface area contributed by atoms with Gasteiger partial charge in [-0.05, 0) is 54.8 Å². The highest BCUT2D eigenvalue weighted by atomic mass is 35.5. The predicted octanol–water partition coefficient (Wildman–Crippen LogP) is 4.87. The van der Waals surface area contributed by atoms with Gasteiger partial charge in [0.2, 0.25) is 10.0 Å². The van der Waals surface area contributed by atoms with Crippen molar-refractivity contribution in [3.8, 4) is 0 Å². The van der Waals surface area contributed by atoms with Gasteiger partial charge in [-0.15, -0.1) is 0 Å². The van der Waals surface area contributed by atoms with Crippen molar-refractivity contribution in [2.75, 3.05) is 0 Å². The molecule has 1 aliphatic rings. The van der Waals surface area contributed by atoms with Crippen LogP contribution in [0.4, 0.5) is 0 Å². The van der Waals surface area contributed by atoms with Gasteiger partial charge in [0.25, 0.3) is 5.91 Å². The number of rotatable bonds is 8. The van der Waals surface area contributed by atoms with E-state index >= 15 is 0 Å². The van der Waals surface area contributed by atoms with Crippen LogP contribution in [0.5, 0.6) is 0 Å². The van der Waals surface area contributed by atoms with E-state index in [1.165, 1.54) is 22.7 Å². The minimum atomic E-state index is -3.98. The monoisotopic (exact) mass is 478 g/mol. The summed E-state index contributed by atoms with van der Waals surface area (Å²) in [5.41, 5.74) is 1.25. The summed E-state index contributed by atoms with van der Waals surface area (Å²) in [6.45, 7) is 0.0818. The van der Waals surface area contributed by atoms with Crippen LogP contribution in [-0.4, -0.2) is 24.7 Å². The highest BCUT2D eigenvalue weighted by molar-refractivity contribution is 7.89. The van der Waals surface area contributed by atoms with Crippen LogP contribution in [0.3, 0.4) is 0 Å². The molecule has 9 heteroatoms. The van der Waals surface area contributed by atoms with E-state index in [2.05, 4.69) is 5.32 Å². The Labute approximate surface area is 190 Å². The summed E-state index contributed by atoms with van der Waals surface area (Å²) in [5.74, 6) is 0.363. The first kappa shape index (κ1) is 21.9. The zero-order chi connectivity index (χ0) is 22.0. The van der Waals surface area contributed by atoms with Crippen LogP contribution in [-0.2, 0) is 23.1 Å². The quantitative estimate of drug-likeness (QED) is 0.500. The van der Waals surface area contributed by atoms with Crippen molar-refractivity contribution in [1.29, 1.82) is 0 Å². The molecule has 31 heavy (non-hydrogen) atoms. The van der Waals surface area contributed by atoms with Gasteiger partial charge in [0.15, 0.2) is 0 Å². The average molecular weight is 479 g/mol. The molecule has 0 atom stereocenters. The molecule has 0 bridgehead atoms. The molecule has 3 aromatic rings. The summed E-state index contributed by atoms with van der Waals surface area (Å²) in [7, 11) is -3.98. The fourth-order valence-electron chi connectivity index (χ4n) is 3.09. The van der Waals surface area contributed by atoms with E-state index in [9.17, 15) is 13.2 Å². The van der Waals surface area contributed by atoms with E-state index in [1.54, 1.807) is 42.5 Å². The number of carbonyl (C=O) groups is 1. The summed E-state index contributed by atoms with van der Waals surface area (Å²) in [4.78, 5) is 12.1. The fourth-order valence-corrected chi connectivity index (χ4v) is 5.22. The lowest BCUT2D eigenvalue weighted by molar-refractivity contribution is 0.0951. The maximum Gasteiger partial charge on any atom is 0.251 e. The molecule has 0 unspecified atom stereocenters. The van der Waals surface area contributed by atoms with Crippen LogP contribution in [0.1, 0.15) is 34.5 Å². The Hall–Kier alpha value is -2.32. The van der Waals surface area contributed by atoms with Crippen molar-refractivity contribution in [2.24, 2.45) is 0 Å². The molecule has 162 valence electrons. The molecule has 0 spiro atoms. The smallest absolute Gasteiger partial charge is 0.251 e. The Morgan fingerprint density at radius 2 is 1.77 bits per heavy atom. The average Bonchev–Trinajstić information content (AvgIpc) is 3.41. The fraction of sp³-hybridized carbons (Fsp3) is 0.227. The number of nitrogens with zero attached hydrogens (tertiary/aromatic N) is 1. The maximum absolute atomic E-state index is 13.4. The van der Waals surface area contributed by atoms with Gasteiger partial charge in [0, 0.05) is 18.2 Å². The largest absolute Gasteiger partial charge is 0.468 e. The number of hydrogen-bond donors (Lipinski definition) is 1. The Morgan fingerprint density at radius 1 is 1.03 bits per heavy atom. The van der Waals surface area contributed by atoms with Gasteiger partial charge in [-0.3, -0.25) is 4.79 Å². The first-order valence-electron chi connectivity index (χ1n) is 9.71. The summed E-state index contributed by atoms with van der Waals surface area (Å²) < 4.78 is 33.5. The Bertz CT molecular complexity index is 1170. The number of nitrogens with one attached hydrogen (secondary N) is 1. The maximum atomic E-state index is 13.4. The van der Waals surface area contributed by atoms with Crippen LogP contribution >= 0.6 is 23.2 Å². The van der Waals surface area contributed by atoms with Gasteiger partial charge >= 0.3 is 0 Å².